The first-order chi connectivity index (χ1) is 6.54. The second-order valence-corrected chi connectivity index (χ2v) is 6.18. The van der Waals surface area contributed by atoms with Gasteiger partial charge in [-0.3, -0.25) is 9.36 Å². The second kappa shape index (κ2) is 5.07. The Morgan fingerprint density at radius 1 is 1.40 bits per heavy atom. The highest BCUT2D eigenvalue weighted by atomic mass is 31.2. The number of carbonyl (C=O) groups excluding carboxylic acids is 1. The Balaban J connectivity index is 4.01. The minimum atomic E-state index is -4.07. The van der Waals surface area contributed by atoms with E-state index in [-0.39, 0.29) is 24.2 Å². The van der Waals surface area contributed by atoms with Crippen LogP contribution in [0.25, 0.3) is 0 Å². The predicted molar refractivity (Wildman–Crippen MR) is 56.1 cm³/mol. The minimum absolute atomic E-state index is 0.00952. The molecule has 15 heavy (non-hydrogen) atoms. The van der Waals surface area contributed by atoms with Gasteiger partial charge in [0.1, 0.15) is 0 Å². The fourth-order valence-corrected chi connectivity index (χ4v) is 1.45. The molecule has 0 aliphatic carbocycles. The predicted octanol–water partition coefficient (Wildman–Crippen LogP) is 0.927. The maximum Gasteiger partial charge on any atom is 0.325 e. The Kier molecular flexibility index (Phi) is 4.93. The zero-order chi connectivity index (χ0) is 12.3. The molecule has 0 heterocycles. The van der Waals surface area contributed by atoms with Crippen molar-refractivity contribution in [1.29, 1.82) is 0 Å². The van der Waals surface area contributed by atoms with Gasteiger partial charge in [0.2, 0.25) is 5.91 Å². The average Bonchev–Trinajstić information content (AvgIpc) is 1.98. The number of hydroxylamine groups is 2. The normalized spacial score (nSPS) is 12.7. The number of rotatable bonds is 4. The first-order valence-electron chi connectivity index (χ1n) is 4.58. The third kappa shape index (κ3) is 6.62. The maximum absolute atomic E-state index is 11.3. The summed E-state index contributed by atoms with van der Waals surface area (Å²) < 4.78 is 10.5. The second-order valence-electron chi connectivity index (χ2n) is 4.40. The van der Waals surface area contributed by atoms with Gasteiger partial charge in [-0.1, -0.05) is 20.8 Å². The summed E-state index contributed by atoms with van der Waals surface area (Å²) in [4.78, 5) is 28.4. The van der Waals surface area contributed by atoms with Gasteiger partial charge in [-0.25, -0.2) is 0 Å². The summed E-state index contributed by atoms with van der Waals surface area (Å²) in [5.41, 5.74) is -0.760. The number of carbonyl (C=O) groups is 1. The first kappa shape index (κ1) is 14.6. The first-order valence-corrected chi connectivity index (χ1v) is 6.37. The molecule has 0 aliphatic rings. The van der Waals surface area contributed by atoms with Gasteiger partial charge in [0.25, 0.3) is 0 Å². The van der Waals surface area contributed by atoms with Gasteiger partial charge in [-0.15, -0.1) is 0 Å². The van der Waals surface area contributed by atoms with Gasteiger partial charge in [0.05, 0.1) is 6.16 Å². The Morgan fingerprint density at radius 3 is 2.20 bits per heavy atom. The van der Waals surface area contributed by atoms with Crippen molar-refractivity contribution in [2.75, 3.05) is 12.7 Å². The summed E-state index contributed by atoms with van der Waals surface area (Å²) in [5, 5.41) is 11.4. The molecule has 1 amide bonds. The molecule has 2 N–H and O–H groups in total. The Labute approximate surface area is 89.0 Å². The van der Waals surface area contributed by atoms with Crippen molar-refractivity contribution in [3.8, 4) is 0 Å². The molecule has 0 radical (unpaired) electrons. The number of nitrogens with zero attached hydrogens (tertiary/aromatic N) is 1. The number of hydrogen-bond acceptors (Lipinski definition) is 3. The standard InChI is InChI=1S/C8H17NO5P/c1-8(2,3)7(10)9(11)5-4-6-15(12,13)14/h4-6H2,1-3H3,(H2,12,13,14)/q-1. The van der Waals surface area contributed by atoms with E-state index in [2.05, 4.69) is 0 Å². The molecule has 0 spiro atoms. The maximum atomic E-state index is 11.3. The smallest absolute Gasteiger partial charge is 0.325 e. The van der Waals surface area contributed by atoms with Crippen LogP contribution in [0.2, 0.25) is 0 Å². The molecule has 0 rings (SSSR count). The van der Waals surface area contributed by atoms with Gasteiger partial charge in [0, 0.05) is 12.0 Å². The van der Waals surface area contributed by atoms with Crippen LogP contribution in [0.15, 0.2) is 0 Å². The molecular weight excluding hydrogens is 221 g/mol. The summed E-state index contributed by atoms with van der Waals surface area (Å²) in [5.74, 6) is -0.576. The van der Waals surface area contributed by atoms with E-state index in [4.69, 9.17) is 9.79 Å². The molecule has 0 unspecified atom stereocenters. The average molecular weight is 238 g/mol. The van der Waals surface area contributed by atoms with Crippen LogP contribution in [0.1, 0.15) is 27.2 Å². The third-order valence-corrected chi connectivity index (χ3v) is 2.58. The Hall–Kier alpha value is -0.420. The fraction of sp³-hybridized carbons (Fsp3) is 0.875. The SMILES string of the molecule is CC(C)(C)C(=O)N([O-])CCCP(=O)(O)O. The highest BCUT2D eigenvalue weighted by Gasteiger charge is 2.22. The van der Waals surface area contributed by atoms with Crippen molar-refractivity contribution in [2.24, 2.45) is 5.41 Å². The van der Waals surface area contributed by atoms with E-state index in [0.717, 1.165) is 0 Å². The molecule has 90 valence electrons. The summed E-state index contributed by atoms with van der Waals surface area (Å²) in [7, 11) is -4.07. The topological polar surface area (TPSA) is 101 Å². The van der Waals surface area contributed by atoms with E-state index >= 15 is 0 Å². The zero-order valence-electron chi connectivity index (χ0n) is 9.13. The minimum Gasteiger partial charge on any atom is -0.756 e. The van der Waals surface area contributed by atoms with Gasteiger partial charge in [0.15, 0.2) is 0 Å². The number of hydrogen-bond donors (Lipinski definition) is 2. The van der Waals surface area contributed by atoms with Gasteiger partial charge < -0.3 is 20.1 Å². The van der Waals surface area contributed by atoms with Crippen molar-refractivity contribution >= 4 is 13.5 Å². The van der Waals surface area contributed by atoms with Gasteiger partial charge >= 0.3 is 7.60 Å². The van der Waals surface area contributed by atoms with Gasteiger partial charge in [-0.05, 0) is 6.42 Å². The molecule has 0 saturated heterocycles. The molecule has 0 bridgehead atoms. The van der Waals surface area contributed by atoms with Crippen LogP contribution in [0.4, 0.5) is 0 Å². The molecule has 0 saturated carbocycles. The lowest BCUT2D eigenvalue weighted by atomic mass is 9.95. The lowest BCUT2D eigenvalue weighted by Crippen LogP contribution is -2.36. The molecular formula is C8H17NO5P-. The van der Waals surface area contributed by atoms with Gasteiger partial charge in [-0.2, -0.15) is 0 Å². The lowest BCUT2D eigenvalue weighted by Gasteiger charge is -2.34. The van der Waals surface area contributed by atoms with Crippen molar-refractivity contribution < 1.29 is 19.1 Å². The van der Waals surface area contributed by atoms with Crippen LogP contribution in [-0.4, -0.2) is 33.5 Å². The van der Waals surface area contributed by atoms with E-state index in [1.54, 1.807) is 20.8 Å². The monoisotopic (exact) mass is 238 g/mol. The molecule has 0 fully saturated rings. The van der Waals surface area contributed by atoms with E-state index in [9.17, 15) is 14.6 Å². The molecule has 7 heteroatoms. The summed E-state index contributed by atoms with van der Waals surface area (Å²) in [6.45, 7) is 4.66. The van der Waals surface area contributed by atoms with E-state index in [0.29, 0.717) is 0 Å². The van der Waals surface area contributed by atoms with Crippen LogP contribution in [0, 0.1) is 10.6 Å². The van der Waals surface area contributed by atoms with E-state index in [1.807, 2.05) is 0 Å². The van der Waals surface area contributed by atoms with Crippen LogP contribution < -0.4 is 0 Å². The number of amides is 1. The van der Waals surface area contributed by atoms with Crippen molar-refractivity contribution in [1.82, 2.24) is 5.06 Å². The highest BCUT2D eigenvalue weighted by molar-refractivity contribution is 7.51. The van der Waals surface area contributed by atoms with Crippen molar-refractivity contribution in [3.63, 3.8) is 0 Å². The molecule has 0 aliphatic heterocycles. The van der Waals surface area contributed by atoms with Crippen LogP contribution >= 0.6 is 7.60 Å². The highest BCUT2D eigenvalue weighted by Crippen LogP contribution is 2.34. The van der Waals surface area contributed by atoms with Crippen LogP contribution in [0.5, 0.6) is 0 Å². The van der Waals surface area contributed by atoms with Crippen molar-refractivity contribution in [3.05, 3.63) is 5.21 Å². The van der Waals surface area contributed by atoms with Crippen LogP contribution in [-0.2, 0) is 9.36 Å². The molecule has 0 aromatic heterocycles. The molecule has 0 aromatic rings. The summed E-state index contributed by atoms with van der Waals surface area (Å²) in [6, 6.07) is 0. The molecule has 0 atom stereocenters. The van der Waals surface area contributed by atoms with Crippen LogP contribution in [0.3, 0.4) is 0 Å². The zero-order valence-corrected chi connectivity index (χ0v) is 10.0. The molecule has 6 nitrogen and oxygen atoms in total. The summed E-state index contributed by atoms with van der Waals surface area (Å²) in [6.07, 6.45) is -0.362. The fourth-order valence-electron chi connectivity index (χ4n) is 0.896. The van der Waals surface area contributed by atoms with E-state index in [1.165, 1.54) is 0 Å². The molecule has 0 aromatic carbocycles. The third-order valence-electron chi connectivity index (χ3n) is 1.68. The Morgan fingerprint density at radius 2 is 1.87 bits per heavy atom. The Bertz CT molecular complexity index is 267. The largest absolute Gasteiger partial charge is 0.756 e. The van der Waals surface area contributed by atoms with Crippen molar-refractivity contribution in [2.45, 2.75) is 27.2 Å². The summed E-state index contributed by atoms with van der Waals surface area (Å²) >= 11 is 0. The quantitative estimate of drug-likeness (QED) is 0.560. The lowest BCUT2D eigenvalue weighted by molar-refractivity contribution is -0.136. The van der Waals surface area contributed by atoms with E-state index < -0.39 is 18.9 Å².